The predicted octanol–water partition coefficient (Wildman–Crippen LogP) is 2.03. The smallest absolute Gasteiger partial charge is 0.240 e. The molecule has 1 atom stereocenters. The van der Waals surface area contributed by atoms with E-state index in [4.69, 9.17) is 11.6 Å². The molecular weight excluding hydrogens is 350 g/mol. The molecule has 1 amide bonds. The van der Waals surface area contributed by atoms with Crippen LogP contribution < -0.4 is 5.32 Å². The second-order valence-electron chi connectivity index (χ2n) is 4.76. The van der Waals surface area contributed by atoms with Crippen molar-refractivity contribution in [2.24, 2.45) is 0 Å². The molecule has 1 aromatic rings. The number of carbonyl (C=O) groups is 1. The van der Waals surface area contributed by atoms with Crippen molar-refractivity contribution in [3.05, 3.63) is 19.8 Å². The van der Waals surface area contributed by atoms with Crippen LogP contribution in [0.3, 0.4) is 0 Å². The van der Waals surface area contributed by atoms with E-state index in [9.17, 15) is 4.79 Å². The number of amides is 1. The summed E-state index contributed by atoms with van der Waals surface area (Å²) in [5.74, 6) is 0.147. The molecule has 2 rings (SSSR count). The van der Waals surface area contributed by atoms with Crippen LogP contribution in [0.1, 0.15) is 4.88 Å². The van der Waals surface area contributed by atoms with Gasteiger partial charge in [-0.3, -0.25) is 9.69 Å². The van der Waals surface area contributed by atoms with Gasteiger partial charge in [0, 0.05) is 49.6 Å². The van der Waals surface area contributed by atoms with E-state index in [2.05, 4.69) is 26.1 Å². The summed E-state index contributed by atoms with van der Waals surface area (Å²) in [6.45, 7) is 3.26. The fourth-order valence-corrected chi connectivity index (χ4v) is 3.96. The molecule has 0 saturated carbocycles. The quantitative estimate of drug-likeness (QED) is 0.889. The molecule has 1 N–H and O–H groups in total. The molecule has 19 heavy (non-hydrogen) atoms. The van der Waals surface area contributed by atoms with Crippen molar-refractivity contribution in [3.8, 4) is 0 Å². The van der Waals surface area contributed by atoms with Crippen LogP contribution in [-0.2, 0) is 11.3 Å². The molecule has 1 aromatic heterocycles. The number of hydrogen-bond acceptors (Lipinski definition) is 4. The summed E-state index contributed by atoms with van der Waals surface area (Å²) in [6.07, 6.45) is 0. The van der Waals surface area contributed by atoms with Gasteiger partial charge < -0.3 is 10.2 Å². The van der Waals surface area contributed by atoms with E-state index < -0.39 is 0 Å². The highest BCUT2D eigenvalue weighted by Crippen LogP contribution is 2.33. The molecule has 1 unspecified atom stereocenters. The standard InChI is InChI=1S/C12H17BrClN3OS/c1-16(2)12(18)10-6-15-3-4-17(10)7-8-5-9(13)11(14)19-8/h5,10,15H,3-4,6-7H2,1-2H3. The molecule has 1 aliphatic heterocycles. The van der Waals surface area contributed by atoms with Gasteiger partial charge in [0.15, 0.2) is 0 Å². The first-order valence-corrected chi connectivity index (χ1v) is 8.07. The fourth-order valence-electron chi connectivity index (χ4n) is 2.15. The van der Waals surface area contributed by atoms with Crippen molar-refractivity contribution in [1.29, 1.82) is 0 Å². The van der Waals surface area contributed by atoms with Crippen LogP contribution in [0.4, 0.5) is 0 Å². The fraction of sp³-hybridized carbons (Fsp3) is 0.583. The average Bonchev–Trinajstić information content (AvgIpc) is 2.68. The van der Waals surface area contributed by atoms with Gasteiger partial charge in [-0.05, 0) is 22.0 Å². The Bertz CT molecular complexity index is 446. The van der Waals surface area contributed by atoms with Gasteiger partial charge in [-0.15, -0.1) is 11.3 Å². The predicted molar refractivity (Wildman–Crippen MR) is 82.8 cm³/mol. The number of halogens is 2. The van der Waals surface area contributed by atoms with E-state index in [1.165, 1.54) is 4.88 Å². The van der Waals surface area contributed by atoms with Gasteiger partial charge in [0.05, 0.1) is 0 Å². The lowest BCUT2D eigenvalue weighted by Gasteiger charge is -2.36. The number of hydrogen-bond donors (Lipinski definition) is 1. The van der Waals surface area contributed by atoms with Crippen molar-refractivity contribution in [2.45, 2.75) is 12.6 Å². The van der Waals surface area contributed by atoms with Crippen LogP contribution >= 0.6 is 38.9 Å². The number of piperazine rings is 1. The number of likely N-dealkylation sites (N-methyl/N-ethyl adjacent to an activating group) is 1. The van der Waals surface area contributed by atoms with Crippen molar-refractivity contribution in [1.82, 2.24) is 15.1 Å². The Balaban J connectivity index is 2.09. The maximum atomic E-state index is 12.2. The van der Waals surface area contributed by atoms with Crippen LogP contribution in [0.15, 0.2) is 10.5 Å². The molecule has 4 nitrogen and oxygen atoms in total. The molecule has 0 spiro atoms. The molecule has 7 heteroatoms. The first-order valence-electron chi connectivity index (χ1n) is 6.08. The van der Waals surface area contributed by atoms with Crippen LogP contribution in [0.2, 0.25) is 4.34 Å². The first-order chi connectivity index (χ1) is 8.99. The van der Waals surface area contributed by atoms with Gasteiger partial charge in [-0.25, -0.2) is 0 Å². The van der Waals surface area contributed by atoms with Gasteiger partial charge in [0.1, 0.15) is 10.4 Å². The molecular formula is C12H17BrClN3OS. The van der Waals surface area contributed by atoms with Crippen LogP contribution in [-0.4, -0.2) is 55.5 Å². The molecule has 0 bridgehead atoms. The molecule has 1 saturated heterocycles. The minimum Gasteiger partial charge on any atom is -0.347 e. The van der Waals surface area contributed by atoms with Gasteiger partial charge in [-0.1, -0.05) is 11.6 Å². The van der Waals surface area contributed by atoms with E-state index >= 15 is 0 Å². The lowest BCUT2D eigenvalue weighted by Crippen LogP contribution is -2.57. The number of nitrogens with zero attached hydrogens (tertiary/aromatic N) is 2. The molecule has 0 aliphatic carbocycles. The second kappa shape index (κ2) is 6.54. The topological polar surface area (TPSA) is 35.6 Å². The maximum absolute atomic E-state index is 12.2. The lowest BCUT2D eigenvalue weighted by molar-refractivity contribution is -0.135. The van der Waals surface area contributed by atoms with E-state index in [1.807, 2.05) is 6.07 Å². The zero-order valence-electron chi connectivity index (χ0n) is 10.9. The van der Waals surface area contributed by atoms with Crippen molar-refractivity contribution in [3.63, 3.8) is 0 Å². The summed E-state index contributed by atoms with van der Waals surface area (Å²) in [4.78, 5) is 17.2. The largest absolute Gasteiger partial charge is 0.347 e. The molecule has 0 radical (unpaired) electrons. The minimum atomic E-state index is -0.0941. The highest BCUT2D eigenvalue weighted by molar-refractivity contribution is 9.10. The van der Waals surface area contributed by atoms with Crippen molar-refractivity contribution < 1.29 is 4.79 Å². The third-order valence-corrected chi connectivity index (χ3v) is 5.59. The number of nitrogens with one attached hydrogen (secondary N) is 1. The summed E-state index contributed by atoms with van der Waals surface area (Å²) in [5.41, 5.74) is 0. The van der Waals surface area contributed by atoms with Crippen LogP contribution in [0, 0.1) is 0 Å². The average molecular weight is 367 g/mol. The van der Waals surface area contributed by atoms with Gasteiger partial charge in [0.2, 0.25) is 5.91 Å². The Kier molecular flexibility index (Phi) is 5.25. The second-order valence-corrected chi connectivity index (χ2v) is 7.35. The maximum Gasteiger partial charge on any atom is 0.240 e. The molecule has 2 heterocycles. The number of rotatable bonds is 3. The Morgan fingerprint density at radius 3 is 3.00 bits per heavy atom. The molecule has 1 fully saturated rings. The summed E-state index contributed by atoms with van der Waals surface area (Å²) in [7, 11) is 3.60. The minimum absolute atomic E-state index is 0.0941. The van der Waals surface area contributed by atoms with Gasteiger partial charge in [-0.2, -0.15) is 0 Å². The van der Waals surface area contributed by atoms with Crippen molar-refractivity contribution >= 4 is 44.8 Å². The normalized spacial score (nSPS) is 20.5. The van der Waals surface area contributed by atoms with Gasteiger partial charge >= 0.3 is 0 Å². The molecule has 1 aliphatic rings. The monoisotopic (exact) mass is 365 g/mol. The number of carbonyl (C=O) groups excluding carboxylic acids is 1. The third-order valence-electron chi connectivity index (χ3n) is 3.14. The van der Waals surface area contributed by atoms with E-state index in [0.29, 0.717) is 6.54 Å². The highest BCUT2D eigenvalue weighted by atomic mass is 79.9. The Morgan fingerprint density at radius 2 is 2.42 bits per heavy atom. The zero-order valence-corrected chi connectivity index (χ0v) is 14.1. The van der Waals surface area contributed by atoms with E-state index in [0.717, 1.165) is 28.4 Å². The Labute approximate surface area is 130 Å². The highest BCUT2D eigenvalue weighted by Gasteiger charge is 2.29. The zero-order chi connectivity index (χ0) is 14.0. The van der Waals surface area contributed by atoms with E-state index in [-0.39, 0.29) is 11.9 Å². The van der Waals surface area contributed by atoms with E-state index in [1.54, 1.807) is 30.3 Å². The summed E-state index contributed by atoms with van der Waals surface area (Å²) in [5, 5.41) is 3.28. The SMILES string of the molecule is CN(C)C(=O)C1CNCCN1Cc1cc(Br)c(Cl)s1. The van der Waals surface area contributed by atoms with Crippen LogP contribution in [0.25, 0.3) is 0 Å². The van der Waals surface area contributed by atoms with Gasteiger partial charge in [0.25, 0.3) is 0 Å². The third kappa shape index (κ3) is 3.70. The summed E-state index contributed by atoms with van der Waals surface area (Å²) in [6, 6.07) is 1.94. The molecule has 106 valence electrons. The summed E-state index contributed by atoms with van der Waals surface area (Å²) < 4.78 is 1.69. The Hall–Kier alpha value is -0.140. The Morgan fingerprint density at radius 1 is 1.68 bits per heavy atom. The number of thiophene rings is 1. The van der Waals surface area contributed by atoms with Crippen LogP contribution in [0.5, 0.6) is 0 Å². The lowest BCUT2D eigenvalue weighted by atomic mass is 10.1. The summed E-state index contributed by atoms with van der Waals surface area (Å²) >= 11 is 11.0. The van der Waals surface area contributed by atoms with Crippen molar-refractivity contribution in [2.75, 3.05) is 33.7 Å². The first kappa shape index (κ1) is 15.3. The molecule has 0 aromatic carbocycles.